The van der Waals surface area contributed by atoms with Crippen LogP contribution >= 0.6 is 0 Å². The summed E-state index contributed by atoms with van der Waals surface area (Å²) in [4.78, 5) is 20.7. The molecule has 1 spiro atoms. The van der Waals surface area contributed by atoms with Crippen LogP contribution in [0.4, 0.5) is 0 Å². The maximum absolute atomic E-state index is 6.50. The minimum absolute atomic E-state index is 0.510. The van der Waals surface area contributed by atoms with Crippen LogP contribution in [0.3, 0.4) is 0 Å². The second-order valence-corrected chi connectivity index (χ2v) is 15.4. The second kappa shape index (κ2) is 12.0. The van der Waals surface area contributed by atoms with E-state index in [1.165, 1.54) is 33.5 Å². The topological polar surface area (TPSA) is 69.6 Å². The largest absolute Gasteiger partial charge is 0.456 e. The number of furan rings is 1. The summed E-state index contributed by atoms with van der Waals surface area (Å²) in [5.41, 5.74) is 15.5. The van der Waals surface area contributed by atoms with Crippen molar-refractivity contribution in [3.05, 3.63) is 211 Å². The smallest absolute Gasteiger partial charge is 0.164 e. The van der Waals surface area contributed by atoms with Crippen molar-refractivity contribution in [1.29, 1.82) is 0 Å². The number of nitrogens with zero attached hydrogens (tertiary/aromatic N) is 5. The van der Waals surface area contributed by atoms with Crippen molar-refractivity contribution in [1.82, 2.24) is 24.5 Å². The molecule has 8 aromatic carbocycles. The zero-order valence-corrected chi connectivity index (χ0v) is 31.5. The molecule has 0 N–H and O–H groups in total. The van der Waals surface area contributed by atoms with E-state index in [4.69, 9.17) is 24.4 Å². The number of fused-ring (bicyclic) bond motifs is 15. The average Bonchev–Trinajstić information content (AvgIpc) is 4.04. The fourth-order valence-corrected chi connectivity index (χ4v) is 9.75. The monoisotopic (exact) mass is 753 g/mol. The Balaban J connectivity index is 0.987. The Morgan fingerprint density at radius 1 is 0.407 bits per heavy atom. The molecular formula is C53H31N5O. The Morgan fingerprint density at radius 3 is 1.69 bits per heavy atom. The fourth-order valence-electron chi connectivity index (χ4n) is 9.75. The number of benzene rings is 8. The number of rotatable bonds is 4. The van der Waals surface area contributed by atoms with Gasteiger partial charge in [-0.2, -0.15) is 0 Å². The third kappa shape index (κ3) is 4.45. The van der Waals surface area contributed by atoms with Crippen LogP contribution < -0.4 is 0 Å². The Morgan fingerprint density at radius 2 is 0.983 bits per heavy atom. The van der Waals surface area contributed by atoms with Crippen LogP contribution in [-0.2, 0) is 5.41 Å². The second-order valence-electron chi connectivity index (χ2n) is 15.4. The molecule has 0 saturated carbocycles. The van der Waals surface area contributed by atoms with Crippen LogP contribution in [0.25, 0.3) is 95.1 Å². The summed E-state index contributed by atoms with van der Waals surface area (Å²) in [7, 11) is 0. The predicted molar refractivity (Wildman–Crippen MR) is 234 cm³/mol. The Kier molecular flexibility index (Phi) is 6.55. The van der Waals surface area contributed by atoms with Gasteiger partial charge in [0.25, 0.3) is 0 Å². The van der Waals surface area contributed by atoms with Crippen molar-refractivity contribution in [2.75, 3.05) is 0 Å². The van der Waals surface area contributed by atoms with E-state index in [0.29, 0.717) is 17.5 Å². The molecule has 6 heteroatoms. The summed E-state index contributed by atoms with van der Waals surface area (Å²) in [6, 6.07) is 65.8. The summed E-state index contributed by atoms with van der Waals surface area (Å²) in [6.07, 6.45) is 0. The van der Waals surface area contributed by atoms with Gasteiger partial charge in [-0.1, -0.05) is 152 Å². The quantitative estimate of drug-likeness (QED) is 0.179. The molecule has 4 heterocycles. The van der Waals surface area contributed by atoms with Crippen LogP contribution in [-0.4, -0.2) is 24.5 Å². The van der Waals surface area contributed by atoms with Gasteiger partial charge in [-0.05, 0) is 75.3 Å². The van der Waals surface area contributed by atoms with Gasteiger partial charge < -0.3 is 4.42 Å². The predicted octanol–water partition coefficient (Wildman–Crippen LogP) is 12.5. The van der Waals surface area contributed by atoms with Crippen LogP contribution in [0.15, 0.2) is 192 Å². The maximum Gasteiger partial charge on any atom is 0.164 e. The van der Waals surface area contributed by atoms with Crippen LogP contribution in [0.5, 0.6) is 0 Å². The summed E-state index contributed by atoms with van der Waals surface area (Å²) in [6.45, 7) is 0. The first-order chi connectivity index (χ1) is 29.2. The molecule has 1 aliphatic carbocycles. The number of aromatic nitrogens is 5. The zero-order valence-electron chi connectivity index (χ0n) is 31.5. The molecule has 0 amide bonds. The standard InChI is InChI=1S/C53H31N5O/c1-3-14-32(15-4-1)49-55-50(33-16-5-2-6-17-33)57-51(56-49)38-20-13-25-47-48(38)39-30-34(27-29-46(39)59-47)35-26-28-45-43(31-35)54-52-53(42-23-11-12-24-44(42)58(45)52)40-21-9-7-18-36(40)37-19-8-10-22-41(37)53/h1-31H. The third-order valence-electron chi connectivity index (χ3n) is 12.3. The summed E-state index contributed by atoms with van der Waals surface area (Å²) in [5, 5.41) is 1.96. The minimum Gasteiger partial charge on any atom is -0.456 e. The van der Waals surface area contributed by atoms with Crippen LogP contribution in [0.2, 0.25) is 0 Å². The van der Waals surface area contributed by atoms with E-state index in [-0.39, 0.29) is 0 Å². The molecular weight excluding hydrogens is 723 g/mol. The van der Waals surface area contributed by atoms with Crippen molar-refractivity contribution in [3.63, 3.8) is 0 Å². The zero-order chi connectivity index (χ0) is 38.7. The van der Waals surface area contributed by atoms with Gasteiger partial charge in [-0.15, -0.1) is 0 Å². The Labute approximate surface area is 338 Å². The van der Waals surface area contributed by atoms with Gasteiger partial charge in [0, 0.05) is 27.5 Å². The van der Waals surface area contributed by atoms with E-state index in [2.05, 4.69) is 120 Å². The third-order valence-corrected chi connectivity index (χ3v) is 12.3. The summed E-state index contributed by atoms with van der Waals surface area (Å²) >= 11 is 0. The van der Waals surface area contributed by atoms with Gasteiger partial charge in [-0.3, -0.25) is 4.57 Å². The van der Waals surface area contributed by atoms with Crippen LogP contribution in [0, 0.1) is 0 Å². The molecule has 1 aliphatic heterocycles. The Hall–Kier alpha value is -7.96. The van der Waals surface area contributed by atoms with Crippen molar-refractivity contribution < 1.29 is 4.42 Å². The lowest BCUT2D eigenvalue weighted by Gasteiger charge is -2.27. The fraction of sp³-hybridized carbons (Fsp3) is 0.0189. The number of imidazole rings is 1. The number of para-hydroxylation sites is 1. The van der Waals surface area contributed by atoms with E-state index < -0.39 is 5.41 Å². The van der Waals surface area contributed by atoms with E-state index in [1.54, 1.807) is 0 Å². The lowest BCUT2D eigenvalue weighted by Crippen LogP contribution is -2.27. The molecule has 274 valence electrons. The molecule has 6 nitrogen and oxygen atoms in total. The summed E-state index contributed by atoms with van der Waals surface area (Å²) < 4.78 is 8.89. The van der Waals surface area contributed by atoms with Gasteiger partial charge in [0.1, 0.15) is 22.4 Å². The molecule has 0 bridgehead atoms. The molecule has 3 aromatic heterocycles. The molecule has 0 unspecified atom stereocenters. The highest BCUT2D eigenvalue weighted by atomic mass is 16.3. The van der Waals surface area contributed by atoms with E-state index in [9.17, 15) is 0 Å². The average molecular weight is 754 g/mol. The molecule has 59 heavy (non-hydrogen) atoms. The lowest BCUT2D eigenvalue weighted by atomic mass is 9.73. The first-order valence-corrected chi connectivity index (χ1v) is 19.9. The minimum atomic E-state index is -0.510. The van der Waals surface area contributed by atoms with Crippen molar-refractivity contribution in [2.45, 2.75) is 5.41 Å². The molecule has 0 saturated heterocycles. The highest BCUT2D eigenvalue weighted by Crippen LogP contribution is 2.60. The van der Waals surface area contributed by atoms with Crippen LogP contribution in [0.1, 0.15) is 22.5 Å². The van der Waals surface area contributed by atoms with Gasteiger partial charge in [-0.25, -0.2) is 19.9 Å². The van der Waals surface area contributed by atoms with Gasteiger partial charge in [0.15, 0.2) is 17.5 Å². The van der Waals surface area contributed by atoms with Crippen molar-refractivity contribution in [3.8, 4) is 62.1 Å². The number of hydrogen-bond acceptors (Lipinski definition) is 5. The highest BCUT2D eigenvalue weighted by molar-refractivity contribution is 6.13. The SMILES string of the molecule is c1ccc(-c2nc(-c3ccccc3)nc(-c3cccc4oc5ccc(-c6ccc7c(c6)nc6n7-c7ccccc7C67c6ccccc6-c6ccccc67)cc5c34)n2)cc1. The first kappa shape index (κ1) is 32.2. The molecule has 13 rings (SSSR count). The summed E-state index contributed by atoms with van der Waals surface area (Å²) in [5.74, 6) is 2.87. The van der Waals surface area contributed by atoms with Gasteiger partial charge in [0.2, 0.25) is 0 Å². The van der Waals surface area contributed by atoms with E-state index in [1.807, 2.05) is 72.8 Å². The molecule has 2 aliphatic rings. The molecule has 0 radical (unpaired) electrons. The van der Waals surface area contributed by atoms with Crippen molar-refractivity contribution in [2.24, 2.45) is 0 Å². The van der Waals surface area contributed by atoms with E-state index in [0.717, 1.165) is 66.6 Å². The maximum atomic E-state index is 6.50. The molecule has 0 fully saturated rings. The molecule has 0 atom stereocenters. The van der Waals surface area contributed by atoms with Crippen molar-refractivity contribution >= 4 is 33.0 Å². The van der Waals surface area contributed by atoms with E-state index >= 15 is 0 Å². The normalized spacial score (nSPS) is 13.2. The first-order valence-electron chi connectivity index (χ1n) is 19.9. The highest BCUT2D eigenvalue weighted by Gasteiger charge is 2.54. The lowest BCUT2D eigenvalue weighted by molar-refractivity contribution is 0.669. The Bertz CT molecular complexity index is 3410. The number of hydrogen-bond donors (Lipinski definition) is 0. The van der Waals surface area contributed by atoms with Gasteiger partial charge >= 0.3 is 0 Å². The van der Waals surface area contributed by atoms with Gasteiger partial charge in [0.05, 0.1) is 16.7 Å². The molecule has 11 aromatic rings.